The largest absolute Gasteiger partial charge is 0.462 e. The molecule has 0 saturated heterocycles. The summed E-state index contributed by atoms with van der Waals surface area (Å²) in [5, 5.41) is 7.28. The van der Waals surface area contributed by atoms with Gasteiger partial charge in [-0.15, -0.1) is 11.3 Å². The van der Waals surface area contributed by atoms with Crippen molar-refractivity contribution in [2.24, 2.45) is 0 Å². The van der Waals surface area contributed by atoms with Gasteiger partial charge in [0.2, 0.25) is 0 Å². The first-order chi connectivity index (χ1) is 17.8. The lowest BCUT2D eigenvalue weighted by Crippen LogP contribution is -2.20. The number of hydrogen-bond acceptors (Lipinski definition) is 6. The first-order valence-corrected chi connectivity index (χ1v) is 15.1. The molecule has 37 heavy (non-hydrogen) atoms. The lowest BCUT2D eigenvalue weighted by atomic mass is 9.96. The fourth-order valence-corrected chi connectivity index (χ4v) is 7.00. The van der Waals surface area contributed by atoms with Gasteiger partial charge >= 0.3 is 5.97 Å². The molecule has 0 atom stereocenters. The molecular weight excluding hydrogens is 527 g/mol. The van der Waals surface area contributed by atoms with E-state index < -0.39 is 10.0 Å². The van der Waals surface area contributed by atoms with Crippen LogP contribution < -0.4 is 15.4 Å². The second-order valence-corrected chi connectivity index (χ2v) is 12.1. The molecule has 0 fully saturated rings. The Morgan fingerprint density at radius 2 is 1.70 bits per heavy atom. The number of para-hydroxylation sites is 1. The van der Waals surface area contributed by atoms with E-state index in [9.17, 15) is 13.2 Å². The Labute approximate surface area is 227 Å². The molecule has 0 spiro atoms. The van der Waals surface area contributed by atoms with Gasteiger partial charge in [-0.2, -0.15) is 0 Å². The molecule has 3 aromatic rings. The maximum Gasteiger partial charge on any atom is 0.341 e. The van der Waals surface area contributed by atoms with Gasteiger partial charge in [0.15, 0.2) is 5.11 Å². The van der Waals surface area contributed by atoms with E-state index in [2.05, 4.69) is 15.4 Å². The van der Waals surface area contributed by atoms with Gasteiger partial charge in [-0.1, -0.05) is 31.0 Å². The molecule has 1 aromatic heterocycles. The van der Waals surface area contributed by atoms with Crippen LogP contribution in [0.4, 0.5) is 16.4 Å². The van der Waals surface area contributed by atoms with Crippen LogP contribution in [-0.2, 0) is 27.6 Å². The van der Waals surface area contributed by atoms with Crippen molar-refractivity contribution in [2.75, 3.05) is 22.0 Å². The lowest BCUT2D eigenvalue weighted by Gasteiger charge is -2.13. The molecule has 0 unspecified atom stereocenters. The van der Waals surface area contributed by atoms with Crippen LogP contribution in [-0.4, -0.2) is 26.1 Å². The van der Waals surface area contributed by atoms with Crippen LogP contribution in [0.5, 0.6) is 0 Å². The summed E-state index contributed by atoms with van der Waals surface area (Å²) in [7, 11) is -3.73. The monoisotopic (exact) mass is 557 g/mol. The number of thiophene rings is 1. The van der Waals surface area contributed by atoms with Gasteiger partial charge in [-0.3, -0.25) is 4.72 Å². The first-order valence-electron chi connectivity index (χ1n) is 12.4. The number of aryl methyl sites for hydroxylation is 2. The molecule has 1 aliphatic carbocycles. The third-order valence-corrected chi connectivity index (χ3v) is 8.98. The standard InChI is InChI=1S/C27H31N3O4S3/c1-3-34-26(31)24-21-11-6-4-5-7-13-23(21)36-25(24)29-27(35)28-19-14-16-20(17-15-19)37(32,33)30-22-12-9-8-10-18(22)2/h8-10,12,14-17,30H,3-7,11,13H2,1-2H3,(H2,28,29,35). The number of carbonyl (C=O) groups is 1. The van der Waals surface area contributed by atoms with Crippen LogP contribution in [0.3, 0.4) is 0 Å². The fourth-order valence-electron chi connectivity index (χ4n) is 4.30. The van der Waals surface area contributed by atoms with E-state index in [0.29, 0.717) is 33.7 Å². The quantitative estimate of drug-likeness (QED) is 0.225. The Balaban J connectivity index is 1.48. The first kappa shape index (κ1) is 27.1. The smallest absolute Gasteiger partial charge is 0.341 e. The molecule has 196 valence electrons. The minimum Gasteiger partial charge on any atom is -0.462 e. The summed E-state index contributed by atoms with van der Waals surface area (Å²) in [6, 6.07) is 13.6. The van der Waals surface area contributed by atoms with Gasteiger partial charge < -0.3 is 15.4 Å². The van der Waals surface area contributed by atoms with Crippen LogP contribution in [0.25, 0.3) is 0 Å². The molecule has 0 aliphatic heterocycles. The van der Waals surface area contributed by atoms with Crippen molar-refractivity contribution in [3.8, 4) is 0 Å². The van der Waals surface area contributed by atoms with E-state index in [0.717, 1.165) is 43.2 Å². The van der Waals surface area contributed by atoms with E-state index in [1.54, 1.807) is 42.5 Å². The van der Waals surface area contributed by atoms with Gasteiger partial charge in [-0.25, -0.2) is 13.2 Å². The van der Waals surface area contributed by atoms with Gasteiger partial charge in [0.25, 0.3) is 10.0 Å². The Hall–Kier alpha value is -2.95. The molecule has 1 heterocycles. The van der Waals surface area contributed by atoms with Gasteiger partial charge in [0.05, 0.1) is 22.8 Å². The summed E-state index contributed by atoms with van der Waals surface area (Å²) in [6.45, 7) is 3.95. The number of ether oxygens (including phenoxy) is 1. The number of anilines is 3. The van der Waals surface area contributed by atoms with Crippen LogP contribution in [0.2, 0.25) is 0 Å². The predicted octanol–water partition coefficient (Wildman–Crippen LogP) is 6.50. The summed E-state index contributed by atoms with van der Waals surface area (Å²) in [5.41, 5.74) is 3.66. The predicted molar refractivity (Wildman–Crippen MR) is 154 cm³/mol. The number of rotatable bonds is 7. The zero-order chi connectivity index (χ0) is 26.4. The molecular formula is C27H31N3O4S3. The average molecular weight is 558 g/mol. The van der Waals surface area contributed by atoms with Gasteiger partial charge in [0.1, 0.15) is 5.00 Å². The summed E-state index contributed by atoms with van der Waals surface area (Å²) in [4.78, 5) is 14.2. The number of benzene rings is 2. The van der Waals surface area contributed by atoms with Gasteiger partial charge in [0, 0.05) is 10.6 Å². The normalized spacial score (nSPS) is 13.6. The molecule has 10 heteroatoms. The van der Waals surface area contributed by atoms with E-state index in [1.807, 2.05) is 19.1 Å². The maximum atomic E-state index is 12.8. The maximum absolute atomic E-state index is 12.8. The molecule has 0 radical (unpaired) electrons. The highest BCUT2D eigenvalue weighted by Crippen LogP contribution is 2.37. The Bertz CT molecular complexity index is 1380. The molecule has 1 aliphatic rings. The van der Waals surface area contributed by atoms with Crippen LogP contribution in [0.15, 0.2) is 53.4 Å². The topological polar surface area (TPSA) is 96.5 Å². The second-order valence-electron chi connectivity index (χ2n) is 8.87. The lowest BCUT2D eigenvalue weighted by molar-refractivity contribution is 0.0526. The third kappa shape index (κ3) is 6.68. The molecule has 7 nitrogen and oxygen atoms in total. The number of hydrogen-bond donors (Lipinski definition) is 3. The highest BCUT2D eigenvalue weighted by Gasteiger charge is 2.26. The molecule has 0 amide bonds. The Morgan fingerprint density at radius 1 is 1.00 bits per heavy atom. The van der Waals surface area contributed by atoms with E-state index in [-0.39, 0.29) is 10.9 Å². The zero-order valence-electron chi connectivity index (χ0n) is 20.9. The van der Waals surface area contributed by atoms with Crippen molar-refractivity contribution < 1.29 is 17.9 Å². The molecule has 3 N–H and O–H groups in total. The summed E-state index contributed by atoms with van der Waals surface area (Å²) in [5.74, 6) is -0.332. The fraction of sp³-hybridized carbons (Fsp3) is 0.333. The Morgan fingerprint density at radius 3 is 2.41 bits per heavy atom. The second kappa shape index (κ2) is 12.1. The van der Waals surface area contributed by atoms with Crippen molar-refractivity contribution in [1.82, 2.24) is 0 Å². The SMILES string of the molecule is CCOC(=O)c1c(NC(=S)Nc2ccc(S(=O)(=O)Nc3ccccc3C)cc2)sc2c1CCCCCC2. The number of fused-ring (bicyclic) bond motifs is 1. The molecule has 4 rings (SSSR count). The highest BCUT2D eigenvalue weighted by atomic mass is 32.2. The van der Waals surface area contributed by atoms with Crippen LogP contribution in [0, 0.1) is 6.92 Å². The summed E-state index contributed by atoms with van der Waals surface area (Å²) < 4.78 is 33.6. The third-order valence-electron chi connectivity index (χ3n) is 6.19. The van der Waals surface area contributed by atoms with Crippen molar-refractivity contribution in [3.05, 3.63) is 70.1 Å². The average Bonchev–Trinajstić information content (AvgIpc) is 3.16. The molecule has 0 saturated carbocycles. The minimum absolute atomic E-state index is 0.142. The van der Waals surface area contributed by atoms with Crippen molar-refractivity contribution in [3.63, 3.8) is 0 Å². The van der Waals surface area contributed by atoms with Crippen molar-refractivity contribution >= 4 is 61.0 Å². The number of esters is 1. The minimum atomic E-state index is -3.73. The van der Waals surface area contributed by atoms with Crippen molar-refractivity contribution in [2.45, 2.75) is 57.3 Å². The molecule has 0 bridgehead atoms. The van der Waals surface area contributed by atoms with Gasteiger partial charge in [-0.05, 0) is 93.2 Å². The molecule has 2 aromatic carbocycles. The Kier molecular flexibility index (Phi) is 8.83. The van der Waals surface area contributed by atoms with E-state index >= 15 is 0 Å². The van der Waals surface area contributed by atoms with Crippen LogP contribution in [0.1, 0.15) is 59.0 Å². The highest BCUT2D eigenvalue weighted by molar-refractivity contribution is 7.92. The number of sulfonamides is 1. The number of thiocarbonyl (C=S) groups is 1. The van der Waals surface area contributed by atoms with E-state index in [4.69, 9.17) is 17.0 Å². The number of carbonyl (C=O) groups excluding carboxylic acids is 1. The summed E-state index contributed by atoms with van der Waals surface area (Å²) >= 11 is 7.09. The van der Waals surface area contributed by atoms with E-state index in [1.165, 1.54) is 23.4 Å². The van der Waals surface area contributed by atoms with Crippen LogP contribution >= 0.6 is 23.6 Å². The zero-order valence-corrected chi connectivity index (χ0v) is 23.4. The summed E-state index contributed by atoms with van der Waals surface area (Å²) in [6.07, 6.45) is 6.31. The van der Waals surface area contributed by atoms with Crippen molar-refractivity contribution in [1.29, 1.82) is 0 Å². The number of nitrogens with one attached hydrogen (secondary N) is 3.